The van der Waals surface area contributed by atoms with Gasteiger partial charge < -0.3 is 0 Å². The molecule has 0 atom stereocenters. The third-order valence-corrected chi connectivity index (χ3v) is 3.73. The molecule has 2 heterocycles. The fourth-order valence-corrected chi connectivity index (χ4v) is 2.41. The molecule has 0 saturated heterocycles. The number of nitrogens with zero attached hydrogens (tertiary/aromatic N) is 2. The van der Waals surface area contributed by atoms with Gasteiger partial charge in [-0.15, -0.1) is 6.42 Å². The second-order valence-corrected chi connectivity index (χ2v) is 5.61. The number of carbonyl (C=O) groups excluding carboxylic acids is 1. The number of anilines is 1. The highest BCUT2D eigenvalue weighted by Gasteiger charge is 2.09. The molecule has 0 aliphatic heterocycles. The quantitative estimate of drug-likeness (QED) is 0.821. The van der Waals surface area contributed by atoms with E-state index in [1.165, 1.54) is 0 Å². The van der Waals surface area contributed by atoms with Crippen molar-refractivity contribution in [1.29, 1.82) is 0 Å². The molecule has 2 rings (SSSR count). The van der Waals surface area contributed by atoms with Crippen molar-refractivity contribution in [1.82, 2.24) is 9.97 Å². The lowest BCUT2D eigenvalue weighted by Crippen LogP contribution is -2.09. The monoisotopic (exact) mass is 339 g/mol. The second kappa shape index (κ2) is 8.28. The van der Waals surface area contributed by atoms with E-state index in [0.717, 1.165) is 29.7 Å². The summed E-state index contributed by atoms with van der Waals surface area (Å²) in [6, 6.07) is 7.26. The molecule has 0 aromatic carbocycles. The maximum Gasteiger partial charge on any atom is 0.301 e. The third kappa shape index (κ3) is 4.43. The Morgan fingerprint density at radius 2 is 2.25 bits per heavy atom. The molecule has 0 bridgehead atoms. The highest BCUT2D eigenvalue weighted by atomic mass is 35.5. The Balaban J connectivity index is 2.38. The van der Waals surface area contributed by atoms with Crippen LogP contribution >= 0.6 is 11.6 Å². The molecular formula is C19H18ClN3O. The normalized spacial score (nSPS) is 11.0. The van der Waals surface area contributed by atoms with Gasteiger partial charge in [-0.05, 0) is 37.5 Å². The van der Waals surface area contributed by atoms with E-state index in [1.807, 2.05) is 31.1 Å². The molecular weight excluding hydrogens is 322 g/mol. The van der Waals surface area contributed by atoms with Crippen LogP contribution in [-0.2, 0) is 4.79 Å². The van der Waals surface area contributed by atoms with Crippen molar-refractivity contribution in [2.75, 3.05) is 5.32 Å². The number of terminal acetylenes is 1. The van der Waals surface area contributed by atoms with Gasteiger partial charge >= 0.3 is 5.91 Å². The summed E-state index contributed by atoms with van der Waals surface area (Å²) < 4.78 is 0. The van der Waals surface area contributed by atoms with E-state index in [9.17, 15) is 4.79 Å². The molecule has 1 N–H and O–H groups in total. The summed E-state index contributed by atoms with van der Waals surface area (Å²) in [7, 11) is 0. The molecule has 122 valence electrons. The highest BCUT2D eigenvalue weighted by Crippen LogP contribution is 2.27. The van der Waals surface area contributed by atoms with Crippen molar-refractivity contribution in [2.45, 2.75) is 26.7 Å². The standard InChI is InChI=1S/C19H18ClN3O/c1-4-6-8-16(20)15-11-14(12-21-13(15)3)17-9-7-10-18(22-17)23-19(24)5-2/h2,7-12H,4,6H2,1,3H3,(H,22,23,24)/b16-8+. The van der Waals surface area contributed by atoms with Crippen LogP contribution in [0, 0.1) is 19.3 Å². The fourth-order valence-electron chi connectivity index (χ4n) is 2.11. The molecule has 0 aliphatic rings. The fraction of sp³-hybridized carbons (Fsp3) is 0.211. The van der Waals surface area contributed by atoms with Crippen LogP contribution < -0.4 is 5.32 Å². The molecule has 0 saturated carbocycles. The largest absolute Gasteiger partial charge is 0.301 e. The summed E-state index contributed by atoms with van der Waals surface area (Å²) in [4.78, 5) is 20.1. The van der Waals surface area contributed by atoms with Crippen LogP contribution in [0.5, 0.6) is 0 Å². The van der Waals surface area contributed by atoms with E-state index in [-0.39, 0.29) is 0 Å². The van der Waals surface area contributed by atoms with Crippen molar-refractivity contribution < 1.29 is 4.79 Å². The van der Waals surface area contributed by atoms with E-state index < -0.39 is 5.91 Å². The summed E-state index contributed by atoms with van der Waals surface area (Å²) in [5, 5.41) is 3.22. The Morgan fingerprint density at radius 1 is 1.46 bits per heavy atom. The first-order valence-electron chi connectivity index (χ1n) is 7.62. The van der Waals surface area contributed by atoms with Crippen LogP contribution in [0.15, 0.2) is 36.5 Å². The lowest BCUT2D eigenvalue weighted by Gasteiger charge is -2.09. The molecule has 4 nitrogen and oxygen atoms in total. The van der Waals surface area contributed by atoms with Crippen molar-refractivity contribution in [3.05, 3.63) is 47.8 Å². The second-order valence-electron chi connectivity index (χ2n) is 5.20. The summed E-state index contributed by atoms with van der Waals surface area (Å²) in [6.45, 7) is 4.01. The van der Waals surface area contributed by atoms with Crippen LogP contribution in [0.3, 0.4) is 0 Å². The zero-order valence-corrected chi connectivity index (χ0v) is 14.4. The van der Waals surface area contributed by atoms with Gasteiger partial charge in [-0.25, -0.2) is 4.98 Å². The number of unbranched alkanes of at least 4 members (excludes halogenated alkanes) is 1. The van der Waals surface area contributed by atoms with Gasteiger partial charge in [-0.2, -0.15) is 0 Å². The van der Waals surface area contributed by atoms with Crippen LogP contribution in [0.25, 0.3) is 16.3 Å². The number of halogens is 1. The predicted molar refractivity (Wildman–Crippen MR) is 98.4 cm³/mol. The first kappa shape index (κ1) is 17.7. The first-order chi connectivity index (χ1) is 11.5. The van der Waals surface area contributed by atoms with E-state index in [0.29, 0.717) is 16.5 Å². The summed E-state index contributed by atoms with van der Waals surface area (Å²) >= 11 is 6.39. The minimum absolute atomic E-state index is 0.394. The Labute approximate surface area is 147 Å². The van der Waals surface area contributed by atoms with Crippen LogP contribution in [0.1, 0.15) is 31.0 Å². The van der Waals surface area contributed by atoms with Gasteiger partial charge in [-0.1, -0.05) is 37.1 Å². The molecule has 0 aliphatic carbocycles. The molecule has 2 aromatic rings. The van der Waals surface area contributed by atoms with Crippen molar-refractivity contribution in [3.8, 4) is 23.6 Å². The third-order valence-electron chi connectivity index (χ3n) is 3.37. The summed E-state index contributed by atoms with van der Waals surface area (Å²) in [6.07, 6.45) is 10.7. The number of rotatable bonds is 5. The minimum Gasteiger partial charge on any atom is -0.300 e. The zero-order valence-electron chi connectivity index (χ0n) is 13.6. The van der Waals surface area contributed by atoms with Gasteiger partial charge in [-0.3, -0.25) is 15.1 Å². The number of nitrogens with one attached hydrogen (secondary N) is 1. The maximum absolute atomic E-state index is 11.3. The Hall–Kier alpha value is -2.64. The highest BCUT2D eigenvalue weighted by molar-refractivity contribution is 6.48. The Morgan fingerprint density at radius 3 is 2.96 bits per heavy atom. The number of aryl methyl sites for hydroxylation is 1. The Kier molecular flexibility index (Phi) is 6.11. The molecule has 1 amide bonds. The number of carbonyl (C=O) groups is 1. The van der Waals surface area contributed by atoms with E-state index in [1.54, 1.807) is 18.3 Å². The van der Waals surface area contributed by atoms with Gasteiger partial charge in [0.2, 0.25) is 0 Å². The van der Waals surface area contributed by atoms with Crippen molar-refractivity contribution >= 4 is 28.4 Å². The number of allylic oxidation sites excluding steroid dienone is 1. The SMILES string of the molecule is C#CC(=O)Nc1cccc(-c2cnc(C)c(/C(Cl)=C\CCC)c2)n1. The Bertz CT molecular complexity index is 822. The number of hydrogen-bond donors (Lipinski definition) is 1. The number of amides is 1. The van der Waals surface area contributed by atoms with Crippen LogP contribution in [0.4, 0.5) is 5.82 Å². The average Bonchev–Trinajstić information content (AvgIpc) is 2.60. The molecule has 2 aromatic heterocycles. The van der Waals surface area contributed by atoms with Crippen molar-refractivity contribution in [3.63, 3.8) is 0 Å². The molecule has 24 heavy (non-hydrogen) atoms. The number of aromatic nitrogens is 2. The molecule has 5 heteroatoms. The van der Waals surface area contributed by atoms with Gasteiger partial charge in [0.1, 0.15) is 5.82 Å². The van der Waals surface area contributed by atoms with Crippen LogP contribution in [-0.4, -0.2) is 15.9 Å². The molecule has 0 unspecified atom stereocenters. The minimum atomic E-state index is -0.534. The molecule has 0 fully saturated rings. The van der Waals surface area contributed by atoms with Gasteiger partial charge in [0.15, 0.2) is 0 Å². The topological polar surface area (TPSA) is 54.9 Å². The number of pyridine rings is 2. The van der Waals surface area contributed by atoms with E-state index >= 15 is 0 Å². The van der Waals surface area contributed by atoms with Gasteiger partial charge in [0.25, 0.3) is 0 Å². The number of hydrogen-bond acceptors (Lipinski definition) is 3. The smallest absolute Gasteiger partial charge is 0.300 e. The predicted octanol–water partition coefficient (Wildman–Crippen LogP) is 4.40. The van der Waals surface area contributed by atoms with E-state index in [2.05, 4.69) is 22.2 Å². The average molecular weight is 340 g/mol. The molecule has 0 radical (unpaired) electrons. The van der Waals surface area contributed by atoms with Gasteiger partial charge in [0.05, 0.1) is 5.69 Å². The zero-order chi connectivity index (χ0) is 17.5. The lowest BCUT2D eigenvalue weighted by atomic mass is 10.1. The van der Waals surface area contributed by atoms with Gasteiger partial charge in [0, 0.05) is 28.0 Å². The lowest BCUT2D eigenvalue weighted by molar-refractivity contribution is -0.111. The summed E-state index contributed by atoms with van der Waals surface area (Å²) in [5.41, 5.74) is 3.23. The summed E-state index contributed by atoms with van der Waals surface area (Å²) in [5.74, 6) is 1.86. The van der Waals surface area contributed by atoms with Crippen LogP contribution in [0.2, 0.25) is 0 Å². The maximum atomic E-state index is 11.3. The van der Waals surface area contributed by atoms with Crippen molar-refractivity contribution in [2.24, 2.45) is 0 Å². The first-order valence-corrected chi connectivity index (χ1v) is 8.00. The van der Waals surface area contributed by atoms with E-state index in [4.69, 9.17) is 18.0 Å². The molecule has 0 spiro atoms.